The SMILES string of the molecule is Br.Cn1cnc([N+](=O)[O-])c1C[N+](C)(C)C/C=C/C(=O)Nc1cc2c(Nc3ccc(Cl)c(Br)c3)ncnc2cn1. The number of quaternary nitrogens is 1. The fourth-order valence-corrected chi connectivity index (χ4v) is 4.19. The zero-order valence-electron chi connectivity index (χ0n) is 21.1. The molecule has 0 aliphatic rings. The maximum absolute atomic E-state index is 12.6. The van der Waals surface area contributed by atoms with Gasteiger partial charge in [-0.05, 0) is 56.2 Å². The van der Waals surface area contributed by atoms with Gasteiger partial charge in [0.2, 0.25) is 12.2 Å². The number of benzene rings is 1. The van der Waals surface area contributed by atoms with Crippen LogP contribution in [-0.4, -0.2) is 60.5 Å². The molecule has 4 aromatic rings. The van der Waals surface area contributed by atoms with Gasteiger partial charge in [0.05, 0.1) is 37.4 Å². The largest absolute Gasteiger partial charge is 0.390 e. The molecule has 0 saturated carbocycles. The van der Waals surface area contributed by atoms with Crippen LogP contribution < -0.4 is 10.6 Å². The second-order valence-electron chi connectivity index (χ2n) is 9.11. The third kappa shape index (κ3) is 7.56. The highest BCUT2D eigenvalue weighted by atomic mass is 79.9. The van der Waals surface area contributed by atoms with Gasteiger partial charge in [0.25, 0.3) is 0 Å². The lowest BCUT2D eigenvalue weighted by atomic mass is 10.2. The van der Waals surface area contributed by atoms with Crippen LogP contribution in [0.5, 0.6) is 0 Å². The molecule has 4 rings (SSSR count). The number of hydrogen-bond donors (Lipinski definition) is 2. The number of fused-ring (bicyclic) bond motifs is 1. The second-order valence-corrected chi connectivity index (χ2v) is 10.4. The minimum absolute atomic E-state index is 0. The number of halogens is 3. The van der Waals surface area contributed by atoms with Gasteiger partial charge in [0.15, 0.2) is 5.69 Å². The predicted molar refractivity (Wildman–Crippen MR) is 158 cm³/mol. The zero-order chi connectivity index (χ0) is 27.4. The summed E-state index contributed by atoms with van der Waals surface area (Å²) in [5.74, 6) is 0.350. The Labute approximate surface area is 247 Å². The molecule has 0 radical (unpaired) electrons. The van der Waals surface area contributed by atoms with Crippen LogP contribution in [0, 0.1) is 10.1 Å². The third-order valence-electron chi connectivity index (χ3n) is 5.61. The number of imidazole rings is 1. The van der Waals surface area contributed by atoms with E-state index in [1.165, 1.54) is 18.7 Å². The number of carbonyl (C=O) groups excluding carboxylic acids is 1. The van der Waals surface area contributed by atoms with Gasteiger partial charge in [0.1, 0.15) is 24.5 Å². The first-order valence-electron chi connectivity index (χ1n) is 11.3. The first-order valence-corrected chi connectivity index (χ1v) is 12.5. The van der Waals surface area contributed by atoms with Crippen molar-refractivity contribution in [3.8, 4) is 0 Å². The Morgan fingerprint density at radius 1 is 1.23 bits per heavy atom. The van der Waals surface area contributed by atoms with E-state index in [0.29, 0.717) is 50.8 Å². The van der Waals surface area contributed by atoms with Gasteiger partial charge in [-0.1, -0.05) is 11.6 Å². The van der Waals surface area contributed by atoms with Gasteiger partial charge >= 0.3 is 5.82 Å². The summed E-state index contributed by atoms with van der Waals surface area (Å²) in [7, 11) is 5.55. The van der Waals surface area contributed by atoms with Crippen molar-refractivity contribution in [2.45, 2.75) is 6.54 Å². The molecular weight excluding hydrogens is 658 g/mol. The molecule has 1 aromatic carbocycles. The van der Waals surface area contributed by atoms with Crippen molar-refractivity contribution < 1.29 is 14.2 Å². The molecule has 15 heteroatoms. The van der Waals surface area contributed by atoms with Crippen LogP contribution in [0.4, 0.5) is 23.1 Å². The van der Waals surface area contributed by atoms with E-state index >= 15 is 0 Å². The summed E-state index contributed by atoms with van der Waals surface area (Å²) in [5, 5.41) is 18.5. The van der Waals surface area contributed by atoms with Crippen molar-refractivity contribution in [3.05, 3.63) is 80.6 Å². The number of nitrogens with zero attached hydrogens (tertiary/aromatic N) is 7. The number of aryl methyl sites for hydroxylation is 1. The number of nitrogens with one attached hydrogen (secondary N) is 2. The Morgan fingerprint density at radius 2 is 2.00 bits per heavy atom. The van der Waals surface area contributed by atoms with Crippen molar-refractivity contribution in [3.63, 3.8) is 0 Å². The van der Waals surface area contributed by atoms with Crippen LogP contribution in [-0.2, 0) is 18.4 Å². The van der Waals surface area contributed by atoms with E-state index in [-0.39, 0.29) is 28.7 Å². The van der Waals surface area contributed by atoms with Crippen LogP contribution in [0.1, 0.15) is 5.69 Å². The van der Waals surface area contributed by atoms with Crippen molar-refractivity contribution in [1.82, 2.24) is 24.5 Å². The Morgan fingerprint density at radius 3 is 2.72 bits per heavy atom. The number of pyridine rings is 1. The van der Waals surface area contributed by atoms with Crippen LogP contribution in [0.3, 0.4) is 0 Å². The van der Waals surface area contributed by atoms with Crippen molar-refractivity contribution in [1.29, 1.82) is 0 Å². The number of anilines is 3. The first kappa shape index (κ1) is 30.1. The summed E-state index contributed by atoms with van der Waals surface area (Å²) in [5.41, 5.74) is 1.88. The van der Waals surface area contributed by atoms with E-state index < -0.39 is 4.92 Å². The summed E-state index contributed by atoms with van der Waals surface area (Å²) in [6.07, 6.45) is 7.54. The summed E-state index contributed by atoms with van der Waals surface area (Å²) in [6.45, 7) is 0.824. The maximum Gasteiger partial charge on any atom is 0.390 e. The third-order valence-corrected chi connectivity index (χ3v) is 6.83. The van der Waals surface area contributed by atoms with E-state index in [0.717, 1.165) is 10.2 Å². The van der Waals surface area contributed by atoms with Crippen LogP contribution in [0.15, 0.2) is 59.7 Å². The monoisotopic (exact) mass is 680 g/mol. The fraction of sp³-hybridized carbons (Fsp3) is 0.208. The molecule has 2 N–H and O–H groups in total. The van der Waals surface area contributed by atoms with Gasteiger partial charge < -0.3 is 29.8 Å². The number of aromatic nitrogens is 5. The Hall–Kier alpha value is -3.46. The number of carbonyl (C=O) groups is 1. The predicted octanol–water partition coefficient (Wildman–Crippen LogP) is 5.18. The molecule has 3 aromatic heterocycles. The highest BCUT2D eigenvalue weighted by Crippen LogP contribution is 2.29. The standard InChI is InChI=1S/C24H23BrClN9O3.BrH/c1-33-14-30-24(34(37)38)20(33)12-35(2,3)8-4-5-22(36)32-21-10-16-19(11-27-21)28-13-29-23(16)31-15-6-7-18(26)17(25)9-15;/h4-7,9-11,13-14H,8,12H2,1-3H3,(H-,27,28,29,31,32,36);1H/p+1/b5-4+;. The van der Waals surface area contributed by atoms with E-state index in [1.807, 2.05) is 26.2 Å². The molecule has 0 bridgehead atoms. The molecule has 0 aliphatic heterocycles. The molecular formula is C24H25Br2ClN9O3+. The van der Waals surface area contributed by atoms with Gasteiger partial charge in [-0.2, -0.15) is 0 Å². The lowest BCUT2D eigenvalue weighted by Crippen LogP contribution is -2.39. The molecule has 39 heavy (non-hydrogen) atoms. The smallest absolute Gasteiger partial charge is 0.358 e. The molecule has 204 valence electrons. The van der Waals surface area contributed by atoms with Crippen molar-refractivity contribution in [2.24, 2.45) is 7.05 Å². The highest BCUT2D eigenvalue weighted by molar-refractivity contribution is 9.10. The Balaban J connectivity index is 0.00000420. The van der Waals surface area contributed by atoms with Crippen LogP contribution in [0.25, 0.3) is 10.9 Å². The number of likely N-dealkylation sites (N-methyl/N-ethyl adjacent to an activating group) is 1. The van der Waals surface area contributed by atoms with E-state index in [4.69, 9.17) is 11.6 Å². The van der Waals surface area contributed by atoms with Crippen LogP contribution >= 0.6 is 44.5 Å². The van der Waals surface area contributed by atoms with Gasteiger partial charge in [-0.25, -0.2) is 15.0 Å². The Bertz CT molecular complexity index is 1560. The zero-order valence-corrected chi connectivity index (χ0v) is 25.2. The highest BCUT2D eigenvalue weighted by Gasteiger charge is 2.26. The first-order chi connectivity index (χ1) is 18.0. The number of rotatable bonds is 9. The summed E-state index contributed by atoms with van der Waals surface area (Å²) in [6, 6.07) is 7.10. The topological polar surface area (TPSA) is 141 Å². The molecule has 0 aliphatic carbocycles. The van der Waals surface area contributed by atoms with Gasteiger partial charge in [0, 0.05) is 28.7 Å². The minimum Gasteiger partial charge on any atom is -0.358 e. The van der Waals surface area contributed by atoms with E-state index in [2.05, 4.69) is 46.5 Å². The molecule has 12 nitrogen and oxygen atoms in total. The summed E-state index contributed by atoms with van der Waals surface area (Å²) >= 11 is 9.49. The molecule has 0 unspecified atom stereocenters. The summed E-state index contributed by atoms with van der Waals surface area (Å²) in [4.78, 5) is 40.0. The molecule has 0 saturated heterocycles. The van der Waals surface area contributed by atoms with Gasteiger partial charge in [-0.15, -0.1) is 17.0 Å². The van der Waals surface area contributed by atoms with E-state index in [1.54, 1.807) is 36.0 Å². The quantitative estimate of drug-likeness (QED) is 0.107. The Kier molecular flexibility index (Phi) is 9.72. The molecule has 0 fully saturated rings. The lowest BCUT2D eigenvalue weighted by molar-refractivity contribution is -0.898. The molecule has 0 atom stereocenters. The lowest BCUT2D eigenvalue weighted by Gasteiger charge is -2.27. The van der Waals surface area contributed by atoms with Crippen LogP contribution in [0.2, 0.25) is 5.02 Å². The average Bonchev–Trinajstić information content (AvgIpc) is 3.21. The second kappa shape index (κ2) is 12.6. The number of nitro groups is 1. The maximum atomic E-state index is 12.6. The summed E-state index contributed by atoms with van der Waals surface area (Å²) < 4.78 is 2.76. The van der Waals surface area contributed by atoms with Gasteiger partial charge in [-0.3, -0.25) is 4.79 Å². The number of amides is 1. The van der Waals surface area contributed by atoms with E-state index in [9.17, 15) is 14.9 Å². The minimum atomic E-state index is -0.491. The molecule has 1 amide bonds. The average molecular weight is 683 g/mol. The molecule has 0 spiro atoms. The van der Waals surface area contributed by atoms with Crippen molar-refractivity contribution >= 4 is 84.5 Å². The number of hydrogen-bond acceptors (Lipinski definition) is 8. The fourth-order valence-electron chi connectivity index (χ4n) is 3.70. The normalized spacial score (nSPS) is 11.4. The van der Waals surface area contributed by atoms with Crippen molar-refractivity contribution in [2.75, 3.05) is 31.3 Å². The molecule has 3 heterocycles.